The Hall–Kier alpha value is -0.830. The second-order valence-corrected chi connectivity index (χ2v) is 6.44. The quantitative estimate of drug-likeness (QED) is 0.876. The van der Waals surface area contributed by atoms with E-state index in [4.69, 9.17) is 5.10 Å². The molecule has 0 saturated heterocycles. The SMILES string of the molecule is CC(NCc1ccn(C2CCCC2)n1)C1CCCC1. The van der Waals surface area contributed by atoms with Gasteiger partial charge in [-0.1, -0.05) is 25.7 Å². The molecule has 1 unspecified atom stereocenters. The lowest BCUT2D eigenvalue weighted by Gasteiger charge is -2.19. The summed E-state index contributed by atoms with van der Waals surface area (Å²) in [6.07, 6.45) is 13.2. The van der Waals surface area contributed by atoms with Crippen molar-refractivity contribution in [1.29, 1.82) is 0 Å². The summed E-state index contributed by atoms with van der Waals surface area (Å²) < 4.78 is 2.20. The summed E-state index contributed by atoms with van der Waals surface area (Å²) in [6, 6.07) is 3.49. The van der Waals surface area contributed by atoms with E-state index >= 15 is 0 Å². The van der Waals surface area contributed by atoms with Gasteiger partial charge in [-0.3, -0.25) is 4.68 Å². The molecule has 1 heterocycles. The van der Waals surface area contributed by atoms with Gasteiger partial charge in [0.25, 0.3) is 0 Å². The standard InChI is InChI=1S/C16H27N3/c1-13(14-6-2-3-7-14)17-12-15-10-11-19(18-15)16-8-4-5-9-16/h10-11,13-14,16-17H,2-9,12H2,1H3. The van der Waals surface area contributed by atoms with Gasteiger partial charge in [-0.15, -0.1) is 0 Å². The summed E-state index contributed by atoms with van der Waals surface area (Å²) in [5.41, 5.74) is 1.21. The fourth-order valence-electron chi connectivity index (χ4n) is 3.73. The average Bonchev–Trinajstić information content (AvgIpc) is 3.14. The van der Waals surface area contributed by atoms with Crippen LogP contribution in [0.2, 0.25) is 0 Å². The zero-order valence-electron chi connectivity index (χ0n) is 12.1. The molecule has 3 rings (SSSR count). The van der Waals surface area contributed by atoms with E-state index < -0.39 is 0 Å². The molecule has 1 aromatic heterocycles. The van der Waals surface area contributed by atoms with E-state index in [0.717, 1.165) is 12.5 Å². The third-order valence-electron chi connectivity index (χ3n) is 5.07. The van der Waals surface area contributed by atoms with Crippen molar-refractivity contribution in [2.24, 2.45) is 5.92 Å². The van der Waals surface area contributed by atoms with Gasteiger partial charge in [0.1, 0.15) is 0 Å². The maximum absolute atomic E-state index is 4.74. The van der Waals surface area contributed by atoms with Crippen molar-refractivity contribution in [1.82, 2.24) is 15.1 Å². The molecule has 2 aliphatic rings. The van der Waals surface area contributed by atoms with Gasteiger partial charge in [0.15, 0.2) is 0 Å². The second-order valence-electron chi connectivity index (χ2n) is 6.44. The van der Waals surface area contributed by atoms with E-state index in [0.29, 0.717) is 12.1 Å². The average molecular weight is 261 g/mol. The van der Waals surface area contributed by atoms with Crippen LogP contribution in [-0.4, -0.2) is 15.8 Å². The number of aromatic nitrogens is 2. The Morgan fingerprint density at radius 3 is 2.63 bits per heavy atom. The molecule has 19 heavy (non-hydrogen) atoms. The van der Waals surface area contributed by atoms with Crippen LogP contribution in [0.25, 0.3) is 0 Å². The largest absolute Gasteiger partial charge is 0.308 e. The Bertz CT molecular complexity index is 386. The molecule has 2 aliphatic carbocycles. The van der Waals surface area contributed by atoms with Gasteiger partial charge in [-0.05, 0) is 44.6 Å². The zero-order chi connectivity index (χ0) is 13.1. The van der Waals surface area contributed by atoms with E-state index in [-0.39, 0.29) is 0 Å². The van der Waals surface area contributed by atoms with Gasteiger partial charge in [-0.25, -0.2) is 0 Å². The second kappa shape index (κ2) is 6.08. The van der Waals surface area contributed by atoms with Crippen molar-refractivity contribution in [3.8, 4) is 0 Å². The lowest BCUT2D eigenvalue weighted by molar-refractivity contribution is 0.376. The predicted molar refractivity (Wildman–Crippen MR) is 78.0 cm³/mol. The highest BCUT2D eigenvalue weighted by Gasteiger charge is 2.21. The first-order chi connectivity index (χ1) is 9.33. The van der Waals surface area contributed by atoms with Crippen LogP contribution in [0.3, 0.4) is 0 Å². The maximum atomic E-state index is 4.74. The third-order valence-corrected chi connectivity index (χ3v) is 5.07. The molecule has 0 amide bonds. The Balaban J connectivity index is 1.49. The van der Waals surface area contributed by atoms with Crippen molar-refractivity contribution in [3.05, 3.63) is 18.0 Å². The summed E-state index contributed by atoms with van der Waals surface area (Å²) >= 11 is 0. The number of hydrogen-bond acceptors (Lipinski definition) is 2. The summed E-state index contributed by atoms with van der Waals surface area (Å²) in [7, 11) is 0. The van der Waals surface area contributed by atoms with Gasteiger partial charge >= 0.3 is 0 Å². The Morgan fingerprint density at radius 1 is 1.21 bits per heavy atom. The maximum Gasteiger partial charge on any atom is 0.0762 e. The highest BCUT2D eigenvalue weighted by atomic mass is 15.3. The first-order valence-corrected chi connectivity index (χ1v) is 8.10. The summed E-state index contributed by atoms with van der Waals surface area (Å²) in [5, 5.41) is 8.41. The van der Waals surface area contributed by atoms with Crippen LogP contribution in [0.4, 0.5) is 0 Å². The minimum absolute atomic E-state index is 0.638. The molecule has 1 atom stereocenters. The molecule has 2 saturated carbocycles. The molecule has 0 radical (unpaired) electrons. The third kappa shape index (κ3) is 3.19. The Labute approximate surface area is 116 Å². The molecule has 3 nitrogen and oxygen atoms in total. The van der Waals surface area contributed by atoms with Gasteiger partial charge in [-0.2, -0.15) is 5.10 Å². The van der Waals surface area contributed by atoms with Crippen LogP contribution in [0.15, 0.2) is 12.3 Å². The first-order valence-electron chi connectivity index (χ1n) is 8.10. The van der Waals surface area contributed by atoms with Crippen LogP contribution in [0, 0.1) is 5.92 Å². The van der Waals surface area contributed by atoms with Crippen LogP contribution in [0.5, 0.6) is 0 Å². The number of nitrogens with zero attached hydrogens (tertiary/aromatic N) is 2. The normalized spacial score (nSPS) is 23.2. The van der Waals surface area contributed by atoms with E-state index in [1.807, 2.05) is 0 Å². The van der Waals surface area contributed by atoms with E-state index in [9.17, 15) is 0 Å². The molecule has 2 fully saturated rings. The smallest absolute Gasteiger partial charge is 0.0762 e. The van der Waals surface area contributed by atoms with Gasteiger partial charge in [0.05, 0.1) is 11.7 Å². The summed E-state index contributed by atoms with van der Waals surface area (Å²) in [6.45, 7) is 3.27. The van der Waals surface area contributed by atoms with E-state index in [2.05, 4.69) is 29.2 Å². The fraction of sp³-hybridized carbons (Fsp3) is 0.812. The highest BCUT2D eigenvalue weighted by Crippen LogP contribution is 2.29. The lowest BCUT2D eigenvalue weighted by atomic mass is 10.00. The monoisotopic (exact) mass is 261 g/mol. The molecule has 106 valence electrons. The molecule has 1 N–H and O–H groups in total. The van der Waals surface area contributed by atoms with Gasteiger partial charge in [0.2, 0.25) is 0 Å². The van der Waals surface area contributed by atoms with Crippen molar-refractivity contribution in [2.75, 3.05) is 0 Å². The predicted octanol–water partition coefficient (Wildman–Crippen LogP) is 3.67. The number of rotatable bonds is 5. The van der Waals surface area contributed by atoms with Crippen LogP contribution in [-0.2, 0) is 6.54 Å². The molecule has 1 aromatic rings. The first kappa shape index (κ1) is 13.2. The Morgan fingerprint density at radius 2 is 1.89 bits per heavy atom. The Kier molecular flexibility index (Phi) is 4.21. The number of hydrogen-bond donors (Lipinski definition) is 1. The van der Waals surface area contributed by atoms with E-state index in [1.165, 1.54) is 57.1 Å². The summed E-state index contributed by atoms with van der Waals surface area (Å²) in [4.78, 5) is 0. The lowest BCUT2D eigenvalue weighted by Crippen LogP contribution is -2.31. The zero-order valence-corrected chi connectivity index (χ0v) is 12.1. The molecule has 3 heteroatoms. The molecular formula is C16H27N3. The molecule has 0 aromatic carbocycles. The number of nitrogens with one attached hydrogen (secondary N) is 1. The molecule has 0 bridgehead atoms. The molecule has 0 spiro atoms. The van der Waals surface area contributed by atoms with Crippen LogP contribution >= 0.6 is 0 Å². The minimum Gasteiger partial charge on any atom is -0.308 e. The van der Waals surface area contributed by atoms with Gasteiger partial charge in [0, 0.05) is 18.8 Å². The molecular weight excluding hydrogens is 234 g/mol. The van der Waals surface area contributed by atoms with Crippen molar-refractivity contribution < 1.29 is 0 Å². The highest BCUT2D eigenvalue weighted by molar-refractivity contribution is 5.00. The minimum atomic E-state index is 0.638. The van der Waals surface area contributed by atoms with E-state index in [1.54, 1.807) is 0 Å². The topological polar surface area (TPSA) is 29.9 Å². The fourth-order valence-corrected chi connectivity index (χ4v) is 3.73. The van der Waals surface area contributed by atoms with Crippen molar-refractivity contribution >= 4 is 0 Å². The summed E-state index contributed by atoms with van der Waals surface area (Å²) in [5.74, 6) is 0.886. The molecule has 0 aliphatic heterocycles. The van der Waals surface area contributed by atoms with Gasteiger partial charge < -0.3 is 5.32 Å². The van der Waals surface area contributed by atoms with Crippen molar-refractivity contribution in [2.45, 2.75) is 76.9 Å². The van der Waals surface area contributed by atoms with Crippen LogP contribution in [0.1, 0.15) is 70.0 Å². The van der Waals surface area contributed by atoms with Crippen molar-refractivity contribution in [3.63, 3.8) is 0 Å². The van der Waals surface area contributed by atoms with Crippen LogP contribution < -0.4 is 5.32 Å².